The largest absolute Gasteiger partial charge is 0.326 e. The Morgan fingerprint density at radius 2 is 2.05 bits per heavy atom. The van der Waals surface area contributed by atoms with Crippen LogP contribution >= 0.6 is 27.5 Å². The summed E-state index contributed by atoms with van der Waals surface area (Å²) in [7, 11) is -3.88. The predicted octanol–water partition coefficient (Wildman–Crippen LogP) is 2.41. The van der Waals surface area contributed by atoms with E-state index in [2.05, 4.69) is 25.6 Å². The van der Waals surface area contributed by atoms with Crippen molar-refractivity contribution in [3.05, 3.63) is 61.7 Å². The van der Waals surface area contributed by atoms with Crippen molar-refractivity contribution in [3.8, 4) is 0 Å². The molecule has 2 N–H and O–H groups in total. The molecule has 0 fully saturated rings. The summed E-state index contributed by atoms with van der Waals surface area (Å²) in [6, 6.07) is 5.00. The molecule has 0 aliphatic rings. The van der Waals surface area contributed by atoms with Crippen LogP contribution in [0, 0.1) is 5.82 Å². The van der Waals surface area contributed by atoms with Crippen LogP contribution in [-0.2, 0) is 16.6 Å². The van der Waals surface area contributed by atoms with Crippen molar-refractivity contribution in [3.63, 3.8) is 0 Å². The Labute approximate surface area is 133 Å². The van der Waals surface area contributed by atoms with Crippen LogP contribution in [0.4, 0.5) is 4.39 Å². The second-order valence-corrected chi connectivity index (χ2v) is 7.10. The standard InChI is InChI=1S/C12H9BrClFN2O3S/c13-10-2-1-8(15)3-7(10)5-17-21(19,20)9-4-11(14)12(18)16-6-9/h1-4,6,17H,5H2,(H,16,18). The van der Waals surface area contributed by atoms with Crippen LogP contribution in [0.5, 0.6) is 0 Å². The molecule has 0 saturated heterocycles. The molecule has 0 radical (unpaired) electrons. The minimum Gasteiger partial charge on any atom is -0.326 e. The molecule has 0 aliphatic carbocycles. The van der Waals surface area contributed by atoms with E-state index in [0.29, 0.717) is 10.0 Å². The maximum atomic E-state index is 13.1. The lowest BCUT2D eigenvalue weighted by molar-refractivity contribution is 0.579. The molecule has 2 aromatic rings. The first-order valence-corrected chi connectivity index (χ1v) is 8.27. The van der Waals surface area contributed by atoms with Gasteiger partial charge in [-0.3, -0.25) is 4.79 Å². The van der Waals surface area contributed by atoms with Crippen LogP contribution in [0.15, 0.2) is 44.6 Å². The minimum absolute atomic E-state index is 0.114. The average Bonchev–Trinajstić information content (AvgIpc) is 2.43. The van der Waals surface area contributed by atoms with E-state index in [-0.39, 0.29) is 16.5 Å². The van der Waals surface area contributed by atoms with E-state index in [1.807, 2.05) is 0 Å². The van der Waals surface area contributed by atoms with E-state index >= 15 is 0 Å². The Balaban J connectivity index is 2.23. The third-order valence-electron chi connectivity index (χ3n) is 2.60. The maximum absolute atomic E-state index is 13.1. The molecule has 0 aliphatic heterocycles. The first-order valence-electron chi connectivity index (χ1n) is 5.61. The van der Waals surface area contributed by atoms with Crippen molar-refractivity contribution in [1.29, 1.82) is 0 Å². The first kappa shape index (κ1) is 16.2. The van der Waals surface area contributed by atoms with Crippen molar-refractivity contribution in [1.82, 2.24) is 9.71 Å². The summed E-state index contributed by atoms with van der Waals surface area (Å²) in [5.74, 6) is -0.473. The zero-order valence-electron chi connectivity index (χ0n) is 10.4. The van der Waals surface area contributed by atoms with Gasteiger partial charge in [0.25, 0.3) is 5.56 Å². The van der Waals surface area contributed by atoms with Crippen molar-refractivity contribution in [2.45, 2.75) is 11.4 Å². The monoisotopic (exact) mass is 394 g/mol. The highest BCUT2D eigenvalue weighted by atomic mass is 79.9. The number of sulfonamides is 1. The van der Waals surface area contributed by atoms with Crippen molar-refractivity contribution in [2.24, 2.45) is 0 Å². The van der Waals surface area contributed by atoms with Crippen LogP contribution in [0.25, 0.3) is 0 Å². The Bertz CT molecular complexity index is 839. The van der Waals surface area contributed by atoms with E-state index in [0.717, 1.165) is 12.3 Å². The van der Waals surface area contributed by atoms with Crippen LogP contribution in [-0.4, -0.2) is 13.4 Å². The van der Waals surface area contributed by atoms with Gasteiger partial charge in [0.1, 0.15) is 10.8 Å². The smallest absolute Gasteiger partial charge is 0.266 e. The number of hydrogen-bond donors (Lipinski definition) is 2. The average molecular weight is 396 g/mol. The van der Waals surface area contributed by atoms with E-state index in [1.165, 1.54) is 18.2 Å². The molecule has 1 aromatic heterocycles. The fourth-order valence-corrected chi connectivity index (χ4v) is 3.15. The highest BCUT2D eigenvalue weighted by Gasteiger charge is 2.16. The van der Waals surface area contributed by atoms with Gasteiger partial charge in [-0.1, -0.05) is 27.5 Å². The molecule has 21 heavy (non-hydrogen) atoms. The number of rotatable bonds is 4. The molecular formula is C12H9BrClFN2O3S. The molecule has 9 heteroatoms. The summed E-state index contributed by atoms with van der Waals surface area (Å²) in [6.07, 6.45) is 1.04. The van der Waals surface area contributed by atoms with Crippen molar-refractivity contribution in [2.75, 3.05) is 0 Å². The lowest BCUT2D eigenvalue weighted by Gasteiger charge is -2.08. The normalized spacial score (nSPS) is 11.6. The Hall–Kier alpha value is -1.22. The van der Waals surface area contributed by atoms with Gasteiger partial charge in [0, 0.05) is 17.2 Å². The van der Waals surface area contributed by atoms with Gasteiger partial charge in [-0.05, 0) is 29.8 Å². The number of nitrogens with one attached hydrogen (secondary N) is 2. The first-order chi connectivity index (χ1) is 9.79. The van der Waals surface area contributed by atoms with Gasteiger partial charge in [0.2, 0.25) is 10.0 Å². The van der Waals surface area contributed by atoms with E-state index in [9.17, 15) is 17.6 Å². The fourth-order valence-electron chi connectivity index (χ4n) is 1.53. The van der Waals surface area contributed by atoms with E-state index < -0.39 is 21.4 Å². The van der Waals surface area contributed by atoms with Gasteiger partial charge in [0.05, 0.1) is 4.90 Å². The zero-order chi connectivity index (χ0) is 15.6. The summed E-state index contributed by atoms with van der Waals surface area (Å²) < 4.78 is 40.1. The van der Waals surface area contributed by atoms with Crippen molar-refractivity contribution >= 4 is 37.6 Å². The molecule has 2 rings (SSSR count). The molecule has 5 nitrogen and oxygen atoms in total. The summed E-state index contributed by atoms with van der Waals surface area (Å²) in [5.41, 5.74) is -0.141. The summed E-state index contributed by atoms with van der Waals surface area (Å²) in [5, 5.41) is -0.232. The second kappa shape index (κ2) is 6.27. The molecule has 0 atom stereocenters. The van der Waals surface area contributed by atoms with Gasteiger partial charge in [0.15, 0.2) is 0 Å². The lowest BCUT2D eigenvalue weighted by Crippen LogP contribution is -2.24. The van der Waals surface area contributed by atoms with Gasteiger partial charge < -0.3 is 4.98 Å². The van der Waals surface area contributed by atoms with Crippen LogP contribution in [0.2, 0.25) is 5.02 Å². The molecule has 1 heterocycles. The van der Waals surface area contributed by atoms with Gasteiger partial charge in [-0.25, -0.2) is 17.5 Å². The number of aromatic amines is 1. The third-order valence-corrected chi connectivity index (χ3v) is 5.04. The molecule has 0 amide bonds. The van der Waals surface area contributed by atoms with Crippen LogP contribution in [0.1, 0.15) is 5.56 Å². The van der Waals surface area contributed by atoms with Crippen molar-refractivity contribution < 1.29 is 12.8 Å². The molecule has 1 aromatic carbocycles. The number of pyridine rings is 1. The van der Waals surface area contributed by atoms with Gasteiger partial charge >= 0.3 is 0 Å². The Morgan fingerprint density at radius 3 is 2.71 bits per heavy atom. The molecule has 0 saturated carbocycles. The Morgan fingerprint density at radius 1 is 1.33 bits per heavy atom. The number of hydrogen-bond acceptors (Lipinski definition) is 3. The van der Waals surface area contributed by atoms with Crippen LogP contribution < -0.4 is 10.3 Å². The molecular weight excluding hydrogens is 387 g/mol. The SMILES string of the molecule is O=c1[nH]cc(S(=O)(=O)NCc2cc(F)ccc2Br)cc1Cl. The predicted molar refractivity (Wildman–Crippen MR) is 80.2 cm³/mol. The molecule has 0 spiro atoms. The highest BCUT2D eigenvalue weighted by molar-refractivity contribution is 9.10. The topological polar surface area (TPSA) is 79.0 Å². The summed E-state index contributed by atoms with van der Waals surface area (Å²) >= 11 is 8.80. The number of halogens is 3. The number of aromatic nitrogens is 1. The summed E-state index contributed by atoms with van der Waals surface area (Å²) in [6.45, 7) is -0.114. The molecule has 0 bridgehead atoms. The molecule has 112 valence electrons. The lowest BCUT2D eigenvalue weighted by atomic mass is 10.2. The minimum atomic E-state index is -3.88. The molecule has 0 unspecified atom stereocenters. The quantitative estimate of drug-likeness (QED) is 0.834. The van der Waals surface area contributed by atoms with E-state index in [4.69, 9.17) is 11.6 Å². The highest BCUT2D eigenvalue weighted by Crippen LogP contribution is 2.18. The van der Waals surface area contributed by atoms with Crippen LogP contribution in [0.3, 0.4) is 0 Å². The second-order valence-electron chi connectivity index (χ2n) is 4.07. The fraction of sp³-hybridized carbons (Fsp3) is 0.0833. The summed E-state index contributed by atoms with van der Waals surface area (Å²) in [4.78, 5) is 13.1. The van der Waals surface area contributed by atoms with E-state index in [1.54, 1.807) is 0 Å². The maximum Gasteiger partial charge on any atom is 0.266 e. The van der Waals surface area contributed by atoms with Gasteiger partial charge in [-0.15, -0.1) is 0 Å². The zero-order valence-corrected chi connectivity index (χ0v) is 13.5. The van der Waals surface area contributed by atoms with Gasteiger partial charge in [-0.2, -0.15) is 0 Å². The number of H-pyrrole nitrogens is 1. The number of benzene rings is 1. The third kappa shape index (κ3) is 3.91. The Kier molecular flexibility index (Phi) is 4.82.